The van der Waals surface area contributed by atoms with Crippen LogP contribution in [0.2, 0.25) is 0 Å². The topological polar surface area (TPSA) is 61.6 Å². The van der Waals surface area contributed by atoms with Crippen LogP contribution in [0, 0.1) is 10.1 Å². The van der Waals surface area contributed by atoms with E-state index in [2.05, 4.69) is 0 Å². The van der Waals surface area contributed by atoms with Gasteiger partial charge in [-0.2, -0.15) is 0 Å². The highest BCUT2D eigenvalue weighted by atomic mass is 16.6. The molecule has 3 unspecified atom stereocenters. The van der Waals surface area contributed by atoms with Crippen molar-refractivity contribution in [3.8, 4) is 0 Å². The van der Waals surface area contributed by atoms with Gasteiger partial charge in [-0.3, -0.25) is 10.1 Å². The highest BCUT2D eigenvalue weighted by Crippen LogP contribution is 2.47. The summed E-state index contributed by atoms with van der Waals surface area (Å²) in [6.07, 6.45) is 5.72. The van der Waals surface area contributed by atoms with E-state index in [1.807, 2.05) is 26.0 Å². The van der Waals surface area contributed by atoms with Gasteiger partial charge in [-0.1, -0.05) is 6.08 Å². The lowest BCUT2D eigenvalue weighted by molar-refractivity contribution is -0.553. The molecule has 0 aliphatic heterocycles. The standard InChI is InChI=1S/C12H19NO4/c1-3-16-11-5-7-12(8-6-11,17-4-2)10(9-11)13(14)15/h5,7,10H,3-4,6,8-9H2,1-2H3. The predicted molar refractivity (Wildman–Crippen MR) is 62.5 cm³/mol. The minimum Gasteiger partial charge on any atom is -0.371 e. The second-order valence-corrected chi connectivity index (χ2v) is 4.72. The van der Waals surface area contributed by atoms with Gasteiger partial charge in [0.1, 0.15) is 0 Å². The van der Waals surface area contributed by atoms with Crippen LogP contribution < -0.4 is 0 Å². The highest BCUT2D eigenvalue weighted by molar-refractivity contribution is 5.24. The fraction of sp³-hybridized carbons (Fsp3) is 0.833. The maximum Gasteiger partial charge on any atom is 0.248 e. The molecule has 3 aliphatic rings. The summed E-state index contributed by atoms with van der Waals surface area (Å²) in [6.45, 7) is 4.87. The van der Waals surface area contributed by atoms with Crippen molar-refractivity contribution >= 4 is 0 Å². The lowest BCUT2D eigenvalue weighted by Crippen LogP contribution is -2.60. The van der Waals surface area contributed by atoms with Gasteiger partial charge in [0.15, 0.2) is 5.60 Å². The summed E-state index contributed by atoms with van der Waals surface area (Å²) in [6, 6.07) is -0.687. The summed E-state index contributed by atoms with van der Waals surface area (Å²) < 4.78 is 11.4. The molecule has 3 atom stereocenters. The van der Waals surface area contributed by atoms with E-state index >= 15 is 0 Å². The monoisotopic (exact) mass is 241 g/mol. The fourth-order valence-corrected chi connectivity index (χ4v) is 3.02. The molecule has 17 heavy (non-hydrogen) atoms. The molecule has 0 aromatic heterocycles. The van der Waals surface area contributed by atoms with E-state index in [1.54, 1.807) is 0 Å². The molecule has 0 heterocycles. The van der Waals surface area contributed by atoms with Gasteiger partial charge < -0.3 is 9.47 Å². The Morgan fingerprint density at radius 1 is 1.29 bits per heavy atom. The quantitative estimate of drug-likeness (QED) is 0.419. The van der Waals surface area contributed by atoms with E-state index in [0.717, 1.165) is 6.42 Å². The molecular formula is C12H19NO4. The third-order valence-corrected chi connectivity index (χ3v) is 3.81. The molecule has 0 aromatic rings. The maximum absolute atomic E-state index is 11.2. The molecule has 2 bridgehead atoms. The molecule has 5 heteroatoms. The Hall–Kier alpha value is -0.940. The van der Waals surface area contributed by atoms with Crippen LogP contribution in [0.25, 0.3) is 0 Å². The Kier molecular flexibility index (Phi) is 3.23. The van der Waals surface area contributed by atoms with Crippen molar-refractivity contribution in [2.24, 2.45) is 0 Å². The fourth-order valence-electron chi connectivity index (χ4n) is 3.02. The van der Waals surface area contributed by atoms with Gasteiger partial charge in [0, 0.05) is 18.1 Å². The SMILES string of the molecule is CCOC12C=CC(OCC)(CC1)C([N+](=O)[O-])C2. The molecule has 3 aliphatic carbocycles. The van der Waals surface area contributed by atoms with Gasteiger partial charge in [0.25, 0.3) is 0 Å². The first-order chi connectivity index (χ1) is 8.07. The zero-order valence-electron chi connectivity index (χ0n) is 10.3. The van der Waals surface area contributed by atoms with Gasteiger partial charge >= 0.3 is 0 Å². The minimum absolute atomic E-state index is 0.216. The largest absolute Gasteiger partial charge is 0.371 e. The maximum atomic E-state index is 11.2. The van der Waals surface area contributed by atoms with Gasteiger partial charge in [0.2, 0.25) is 6.04 Å². The molecule has 5 nitrogen and oxygen atoms in total. The Balaban J connectivity index is 2.29. The first kappa shape index (κ1) is 12.5. The van der Waals surface area contributed by atoms with Crippen LogP contribution in [-0.4, -0.2) is 35.4 Å². The van der Waals surface area contributed by atoms with Crippen LogP contribution in [-0.2, 0) is 9.47 Å². The molecule has 0 spiro atoms. The normalized spacial score (nSPS) is 39.5. The third-order valence-electron chi connectivity index (χ3n) is 3.81. The van der Waals surface area contributed by atoms with E-state index in [4.69, 9.17) is 9.47 Å². The molecule has 0 N–H and O–H groups in total. The van der Waals surface area contributed by atoms with Crippen molar-refractivity contribution in [3.05, 3.63) is 22.3 Å². The molecule has 0 radical (unpaired) electrons. The predicted octanol–water partition coefficient (Wildman–Crippen LogP) is 1.94. The second-order valence-electron chi connectivity index (χ2n) is 4.72. The number of fused-ring (bicyclic) bond motifs is 2. The van der Waals surface area contributed by atoms with Crippen molar-refractivity contribution in [3.63, 3.8) is 0 Å². The van der Waals surface area contributed by atoms with Crippen molar-refractivity contribution < 1.29 is 14.4 Å². The lowest BCUT2D eigenvalue weighted by Gasteiger charge is -2.48. The van der Waals surface area contributed by atoms with Crippen LogP contribution in [0.1, 0.15) is 33.1 Å². The van der Waals surface area contributed by atoms with Crippen LogP contribution in [0.5, 0.6) is 0 Å². The van der Waals surface area contributed by atoms with Gasteiger partial charge in [-0.15, -0.1) is 0 Å². The number of ether oxygens (including phenoxy) is 2. The number of hydrogen-bond acceptors (Lipinski definition) is 4. The van der Waals surface area contributed by atoms with Crippen LogP contribution in [0.15, 0.2) is 12.2 Å². The van der Waals surface area contributed by atoms with Crippen molar-refractivity contribution in [1.29, 1.82) is 0 Å². The van der Waals surface area contributed by atoms with Crippen LogP contribution in [0.3, 0.4) is 0 Å². The molecule has 0 amide bonds. The molecule has 1 saturated carbocycles. The average Bonchev–Trinajstić information content (AvgIpc) is 2.31. The van der Waals surface area contributed by atoms with Crippen molar-refractivity contribution in [1.82, 2.24) is 0 Å². The van der Waals surface area contributed by atoms with E-state index in [-0.39, 0.29) is 4.92 Å². The van der Waals surface area contributed by atoms with Crippen LogP contribution >= 0.6 is 0 Å². The van der Waals surface area contributed by atoms with E-state index in [0.29, 0.717) is 26.1 Å². The second kappa shape index (κ2) is 4.38. The van der Waals surface area contributed by atoms with Gasteiger partial charge in [0.05, 0.1) is 12.0 Å². The number of rotatable bonds is 5. The molecule has 0 aromatic carbocycles. The number of hydrogen-bond donors (Lipinski definition) is 0. The Bertz CT molecular complexity index is 343. The van der Waals surface area contributed by atoms with Gasteiger partial charge in [-0.25, -0.2) is 0 Å². The summed E-state index contributed by atoms with van der Waals surface area (Å²) in [4.78, 5) is 11.0. The zero-order valence-corrected chi connectivity index (χ0v) is 10.3. The molecule has 96 valence electrons. The van der Waals surface area contributed by atoms with Crippen LogP contribution in [0.4, 0.5) is 0 Å². The molecule has 3 rings (SSSR count). The highest BCUT2D eigenvalue weighted by Gasteiger charge is 2.58. The summed E-state index contributed by atoms with van der Waals surface area (Å²) >= 11 is 0. The molecule has 0 saturated heterocycles. The van der Waals surface area contributed by atoms with Crippen molar-refractivity contribution in [2.45, 2.75) is 50.4 Å². The Labute approximate surface area is 101 Å². The average molecular weight is 241 g/mol. The minimum atomic E-state index is -0.711. The van der Waals surface area contributed by atoms with Crippen molar-refractivity contribution in [2.75, 3.05) is 13.2 Å². The van der Waals surface area contributed by atoms with E-state index in [9.17, 15) is 10.1 Å². The number of nitro groups is 1. The summed E-state index contributed by atoms with van der Waals surface area (Å²) in [7, 11) is 0. The van der Waals surface area contributed by atoms with Gasteiger partial charge in [-0.05, 0) is 32.8 Å². The lowest BCUT2D eigenvalue weighted by atomic mass is 9.67. The first-order valence-corrected chi connectivity index (χ1v) is 6.19. The first-order valence-electron chi connectivity index (χ1n) is 6.19. The Morgan fingerprint density at radius 3 is 2.47 bits per heavy atom. The smallest absolute Gasteiger partial charge is 0.248 e. The summed E-state index contributed by atoms with van der Waals surface area (Å²) in [5.41, 5.74) is -1.15. The zero-order chi connectivity index (χ0) is 12.5. The Morgan fingerprint density at radius 2 is 2.00 bits per heavy atom. The summed E-state index contributed by atoms with van der Waals surface area (Å²) in [5, 5.41) is 11.2. The van der Waals surface area contributed by atoms with E-state index < -0.39 is 17.2 Å². The molecule has 1 fully saturated rings. The summed E-state index contributed by atoms with van der Waals surface area (Å²) in [5.74, 6) is 0. The van der Waals surface area contributed by atoms with E-state index in [1.165, 1.54) is 0 Å². The molecular weight excluding hydrogens is 222 g/mol. The third kappa shape index (κ3) is 1.98. The number of nitrogens with zero attached hydrogens (tertiary/aromatic N) is 1.